The maximum Gasteiger partial charge on any atom is 0.206 e. The van der Waals surface area contributed by atoms with Gasteiger partial charge >= 0.3 is 0 Å². The molecule has 0 spiro atoms. The lowest BCUT2D eigenvalue weighted by atomic mass is 10.2. The summed E-state index contributed by atoms with van der Waals surface area (Å²) in [6.07, 6.45) is 1.18. The minimum absolute atomic E-state index is 1.04. The Kier molecular flexibility index (Phi) is 2.96. The van der Waals surface area contributed by atoms with Crippen molar-refractivity contribution in [2.24, 2.45) is 7.05 Å². The fourth-order valence-electron chi connectivity index (χ4n) is 2.62. The predicted molar refractivity (Wildman–Crippen MR) is 75.2 cm³/mol. The molecule has 1 N–H and O–H groups in total. The van der Waals surface area contributed by atoms with Gasteiger partial charge in [0.1, 0.15) is 0 Å². The highest BCUT2D eigenvalue weighted by Gasteiger charge is 2.16. The van der Waals surface area contributed by atoms with Crippen molar-refractivity contribution < 1.29 is 0 Å². The summed E-state index contributed by atoms with van der Waals surface area (Å²) >= 11 is 0. The van der Waals surface area contributed by atoms with Gasteiger partial charge in [-0.1, -0.05) is 6.07 Å². The standard InChI is InChI=1S/C14H20N4/c1-11-4-5-12-13(10-11)17(2)14(16-12)18-8-3-6-15-7-9-18/h4-5,10,15H,3,6-9H2,1-2H3. The van der Waals surface area contributed by atoms with Crippen LogP contribution in [0.3, 0.4) is 0 Å². The van der Waals surface area contributed by atoms with Crippen molar-refractivity contribution in [3.05, 3.63) is 23.8 Å². The Balaban J connectivity index is 2.03. The first kappa shape index (κ1) is 11.5. The van der Waals surface area contributed by atoms with Crippen LogP contribution in [0.4, 0.5) is 5.95 Å². The summed E-state index contributed by atoms with van der Waals surface area (Å²) < 4.78 is 2.22. The largest absolute Gasteiger partial charge is 0.341 e. The summed E-state index contributed by atoms with van der Waals surface area (Å²) in [6.45, 7) is 6.41. The molecule has 2 heterocycles. The Morgan fingerprint density at radius 3 is 3.00 bits per heavy atom. The average molecular weight is 244 g/mol. The van der Waals surface area contributed by atoms with Gasteiger partial charge in [-0.3, -0.25) is 0 Å². The van der Waals surface area contributed by atoms with Gasteiger partial charge < -0.3 is 14.8 Å². The fourth-order valence-corrected chi connectivity index (χ4v) is 2.62. The molecule has 0 unspecified atom stereocenters. The molecule has 0 radical (unpaired) electrons. The minimum atomic E-state index is 1.04. The molecule has 0 atom stereocenters. The third-order valence-electron chi connectivity index (χ3n) is 3.64. The molecule has 18 heavy (non-hydrogen) atoms. The Morgan fingerprint density at radius 2 is 2.11 bits per heavy atom. The van der Waals surface area contributed by atoms with Gasteiger partial charge in [0.2, 0.25) is 5.95 Å². The van der Waals surface area contributed by atoms with Crippen LogP contribution in [0.15, 0.2) is 18.2 Å². The summed E-state index contributed by atoms with van der Waals surface area (Å²) in [5.74, 6) is 1.10. The first-order chi connectivity index (χ1) is 8.75. The molecular weight excluding hydrogens is 224 g/mol. The molecule has 3 rings (SSSR count). The van der Waals surface area contributed by atoms with Gasteiger partial charge in [-0.2, -0.15) is 0 Å². The number of imidazole rings is 1. The monoisotopic (exact) mass is 244 g/mol. The highest BCUT2D eigenvalue weighted by molar-refractivity contribution is 5.79. The first-order valence-electron chi connectivity index (χ1n) is 6.64. The van der Waals surface area contributed by atoms with E-state index < -0.39 is 0 Å². The predicted octanol–water partition coefficient (Wildman–Crippen LogP) is 1.68. The minimum Gasteiger partial charge on any atom is -0.341 e. The third kappa shape index (κ3) is 1.97. The van der Waals surface area contributed by atoms with Crippen molar-refractivity contribution in [1.29, 1.82) is 0 Å². The van der Waals surface area contributed by atoms with Gasteiger partial charge in [0.05, 0.1) is 11.0 Å². The van der Waals surface area contributed by atoms with Gasteiger partial charge in [0.15, 0.2) is 0 Å². The molecule has 4 heteroatoms. The Morgan fingerprint density at radius 1 is 1.22 bits per heavy atom. The van der Waals surface area contributed by atoms with Crippen LogP contribution in [0.1, 0.15) is 12.0 Å². The van der Waals surface area contributed by atoms with Crippen LogP contribution in [0.5, 0.6) is 0 Å². The fraction of sp³-hybridized carbons (Fsp3) is 0.500. The van der Waals surface area contributed by atoms with Gasteiger partial charge in [0.25, 0.3) is 0 Å². The molecule has 0 bridgehead atoms. The van der Waals surface area contributed by atoms with Crippen molar-refractivity contribution in [2.75, 3.05) is 31.1 Å². The average Bonchev–Trinajstić information content (AvgIpc) is 2.59. The SMILES string of the molecule is Cc1ccc2nc(N3CCCNCC3)n(C)c2c1. The zero-order valence-electron chi connectivity index (χ0n) is 11.1. The van der Waals surface area contributed by atoms with Crippen LogP contribution in [0, 0.1) is 6.92 Å². The normalized spacial score (nSPS) is 17.1. The third-order valence-corrected chi connectivity index (χ3v) is 3.64. The molecule has 1 aliphatic heterocycles. The van der Waals surface area contributed by atoms with Crippen molar-refractivity contribution in [3.8, 4) is 0 Å². The van der Waals surface area contributed by atoms with E-state index >= 15 is 0 Å². The van der Waals surface area contributed by atoms with Crippen LogP contribution < -0.4 is 10.2 Å². The van der Waals surface area contributed by atoms with Crippen LogP contribution in [-0.2, 0) is 7.05 Å². The second-order valence-electron chi connectivity index (χ2n) is 5.05. The molecule has 0 amide bonds. The smallest absolute Gasteiger partial charge is 0.206 e. The van der Waals surface area contributed by atoms with Crippen LogP contribution in [0.25, 0.3) is 11.0 Å². The molecule has 4 nitrogen and oxygen atoms in total. The lowest BCUT2D eigenvalue weighted by molar-refractivity contribution is 0.724. The molecular formula is C14H20N4. The number of benzene rings is 1. The van der Waals surface area contributed by atoms with Crippen LogP contribution in [-0.4, -0.2) is 35.7 Å². The second kappa shape index (κ2) is 4.61. The van der Waals surface area contributed by atoms with E-state index in [9.17, 15) is 0 Å². The second-order valence-corrected chi connectivity index (χ2v) is 5.05. The molecule has 1 fully saturated rings. The molecule has 1 saturated heterocycles. The van der Waals surface area contributed by atoms with Gasteiger partial charge in [-0.25, -0.2) is 4.98 Å². The number of nitrogens with one attached hydrogen (secondary N) is 1. The van der Waals surface area contributed by atoms with E-state index in [-0.39, 0.29) is 0 Å². The van der Waals surface area contributed by atoms with E-state index in [1.807, 2.05) is 0 Å². The van der Waals surface area contributed by atoms with Gasteiger partial charge in [0, 0.05) is 26.7 Å². The molecule has 0 saturated carbocycles. The number of nitrogens with zero attached hydrogens (tertiary/aromatic N) is 3. The highest BCUT2D eigenvalue weighted by atomic mass is 15.3. The Hall–Kier alpha value is -1.55. The van der Waals surface area contributed by atoms with Crippen LogP contribution in [0.2, 0.25) is 0 Å². The Labute approximate surface area is 108 Å². The van der Waals surface area contributed by atoms with E-state index in [0.717, 1.165) is 37.6 Å². The van der Waals surface area contributed by atoms with E-state index in [2.05, 4.69) is 47.0 Å². The van der Waals surface area contributed by atoms with Crippen molar-refractivity contribution in [1.82, 2.24) is 14.9 Å². The molecule has 1 aliphatic rings. The molecule has 1 aromatic heterocycles. The summed E-state index contributed by atoms with van der Waals surface area (Å²) in [7, 11) is 2.11. The topological polar surface area (TPSA) is 33.1 Å². The van der Waals surface area contributed by atoms with Crippen molar-refractivity contribution in [2.45, 2.75) is 13.3 Å². The maximum absolute atomic E-state index is 4.78. The van der Waals surface area contributed by atoms with Gasteiger partial charge in [-0.15, -0.1) is 0 Å². The number of aromatic nitrogens is 2. The number of anilines is 1. The number of fused-ring (bicyclic) bond motifs is 1. The number of hydrogen-bond acceptors (Lipinski definition) is 3. The number of aryl methyl sites for hydroxylation is 2. The van der Waals surface area contributed by atoms with Crippen LogP contribution >= 0.6 is 0 Å². The zero-order chi connectivity index (χ0) is 12.5. The lowest BCUT2D eigenvalue weighted by Gasteiger charge is -2.20. The molecule has 1 aromatic carbocycles. The van der Waals surface area contributed by atoms with E-state index in [0.29, 0.717) is 0 Å². The number of rotatable bonds is 1. The van der Waals surface area contributed by atoms with Gasteiger partial charge in [-0.05, 0) is 37.6 Å². The highest BCUT2D eigenvalue weighted by Crippen LogP contribution is 2.22. The summed E-state index contributed by atoms with van der Waals surface area (Å²) in [4.78, 5) is 7.16. The van der Waals surface area contributed by atoms with Crippen molar-refractivity contribution >= 4 is 17.0 Å². The summed E-state index contributed by atoms with van der Waals surface area (Å²) in [5.41, 5.74) is 3.60. The first-order valence-corrected chi connectivity index (χ1v) is 6.64. The molecule has 2 aromatic rings. The summed E-state index contributed by atoms with van der Waals surface area (Å²) in [5, 5.41) is 3.43. The maximum atomic E-state index is 4.78. The molecule has 96 valence electrons. The van der Waals surface area contributed by atoms with E-state index in [1.54, 1.807) is 0 Å². The summed E-state index contributed by atoms with van der Waals surface area (Å²) in [6, 6.07) is 6.45. The quantitative estimate of drug-likeness (QED) is 0.828. The zero-order valence-corrected chi connectivity index (χ0v) is 11.1. The van der Waals surface area contributed by atoms with E-state index in [4.69, 9.17) is 4.98 Å². The molecule has 0 aliphatic carbocycles. The number of hydrogen-bond donors (Lipinski definition) is 1. The Bertz CT molecular complexity index is 550. The van der Waals surface area contributed by atoms with E-state index in [1.165, 1.54) is 17.5 Å². The lowest BCUT2D eigenvalue weighted by Crippen LogP contribution is -2.29. The van der Waals surface area contributed by atoms with Crippen molar-refractivity contribution in [3.63, 3.8) is 0 Å².